The minimum atomic E-state index is -0.313. The highest BCUT2D eigenvalue weighted by Crippen LogP contribution is 2.39. The van der Waals surface area contributed by atoms with E-state index in [1.54, 1.807) is 18.6 Å². The molecule has 29 heavy (non-hydrogen) atoms. The van der Waals surface area contributed by atoms with Crippen molar-refractivity contribution in [3.8, 4) is 11.1 Å². The van der Waals surface area contributed by atoms with Crippen molar-refractivity contribution in [3.63, 3.8) is 0 Å². The summed E-state index contributed by atoms with van der Waals surface area (Å²) in [6.07, 6.45) is 4.69. The van der Waals surface area contributed by atoms with Gasteiger partial charge in [-0.1, -0.05) is 23.7 Å². The molecule has 0 aliphatic carbocycles. The zero-order valence-corrected chi connectivity index (χ0v) is 16.0. The van der Waals surface area contributed by atoms with E-state index < -0.39 is 0 Å². The number of aromatic amines is 2. The molecule has 3 aromatic heterocycles. The van der Waals surface area contributed by atoms with Gasteiger partial charge in [-0.3, -0.25) is 5.10 Å². The smallest absolute Gasteiger partial charge is 0.182 e. The largest absolute Gasteiger partial charge is 0.362 e. The zero-order valence-electron chi connectivity index (χ0n) is 15.2. The van der Waals surface area contributed by atoms with Gasteiger partial charge in [0.15, 0.2) is 11.5 Å². The van der Waals surface area contributed by atoms with Gasteiger partial charge < -0.3 is 10.3 Å². The highest BCUT2D eigenvalue weighted by Gasteiger charge is 2.20. The predicted octanol–water partition coefficient (Wildman–Crippen LogP) is 4.86. The van der Waals surface area contributed by atoms with Gasteiger partial charge in [-0.2, -0.15) is 5.10 Å². The molecule has 9 heteroatoms. The lowest BCUT2D eigenvalue weighted by Gasteiger charge is -2.20. The molecule has 0 saturated carbocycles. The van der Waals surface area contributed by atoms with Crippen molar-refractivity contribution in [3.05, 3.63) is 65.6 Å². The predicted molar refractivity (Wildman–Crippen MR) is 110 cm³/mol. The van der Waals surface area contributed by atoms with E-state index in [2.05, 4.69) is 35.5 Å². The Hall–Kier alpha value is -3.52. The van der Waals surface area contributed by atoms with Crippen molar-refractivity contribution >= 4 is 39.5 Å². The van der Waals surface area contributed by atoms with E-state index in [1.807, 2.05) is 19.1 Å². The maximum atomic E-state index is 14.0. The first-order valence-corrected chi connectivity index (χ1v) is 9.31. The number of H-pyrrole nitrogens is 2. The Balaban J connectivity index is 1.67. The van der Waals surface area contributed by atoms with Crippen molar-refractivity contribution in [2.75, 3.05) is 5.32 Å². The van der Waals surface area contributed by atoms with Crippen LogP contribution in [0.3, 0.4) is 0 Å². The fourth-order valence-corrected chi connectivity index (χ4v) is 3.80. The third kappa shape index (κ3) is 2.98. The number of nitrogens with one attached hydrogen (secondary N) is 3. The number of hydrogen-bond donors (Lipinski definition) is 3. The van der Waals surface area contributed by atoms with Crippen LogP contribution < -0.4 is 5.32 Å². The Morgan fingerprint density at radius 1 is 1.14 bits per heavy atom. The van der Waals surface area contributed by atoms with E-state index in [1.165, 1.54) is 18.5 Å². The normalized spacial score (nSPS) is 12.5. The highest BCUT2D eigenvalue weighted by atomic mass is 35.5. The second-order valence-electron chi connectivity index (χ2n) is 6.68. The lowest BCUT2D eigenvalue weighted by atomic mass is 9.93. The summed E-state index contributed by atoms with van der Waals surface area (Å²) in [6, 6.07) is 8.13. The van der Waals surface area contributed by atoms with Gasteiger partial charge in [-0.15, -0.1) is 0 Å². The lowest BCUT2D eigenvalue weighted by molar-refractivity contribution is 0.628. The van der Waals surface area contributed by atoms with Crippen LogP contribution in [-0.2, 0) is 0 Å². The number of imidazole rings is 1. The van der Waals surface area contributed by atoms with Crippen molar-refractivity contribution in [2.24, 2.45) is 0 Å². The van der Waals surface area contributed by atoms with Crippen LogP contribution >= 0.6 is 11.6 Å². The third-order valence-electron chi connectivity index (χ3n) is 4.87. The Labute approximate surface area is 169 Å². The first-order valence-electron chi connectivity index (χ1n) is 8.94. The summed E-state index contributed by atoms with van der Waals surface area (Å²) in [7, 11) is 0. The Kier molecular flexibility index (Phi) is 4.13. The van der Waals surface area contributed by atoms with Crippen LogP contribution in [0.15, 0.2) is 49.2 Å². The third-order valence-corrected chi connectivity index (χ3v) is 5.19. The van der Waals surface area contributed by atoms with E-state index in [-0.39, 0.29) is 11.9 Å². The summed E-state index contributed by atoms with van der Waals surface area (Å²) in [6.45, 7) is 1.99. The van der Waals surface area contributed by atoms with Crippen LogP contribution in [0, 0.1) is 5.82 Å². The van der Waals surface area contributed by atoms with Gasteiger partial charge in [0, 0.05) is 10.9 Å². The molecule has 0 amide bonds. The summed E-state index contributed by atoms with van der Waals surface area (Å²) in [5.41, 5.74) is 4.47. The van der Waals surface area contributed by atoms with Crippen LogP contribution in [0.4, 0.5) is 10.2 Å². The minimum absolute atomic E-state index is 0.208. The van der Waals surface area contributed by atoms with E-state index in [4.69, 9.17) is 11.6 Å². The van der Waals surface area contributed by atoms with Crippen molar-refractivity contribution in [1.29, 1.82) is 0 Å². The molecule has 5 aromatic rings. The standard InChI is InChI=1S/C20H15ClFN7/c1-10(28-20-18-19(24-8-23-18)25-9-26-20)13-6-15(21)14-7-27-29-17(14)16(13)11-3-2-4-12(22)5-11/h2-10H,1H3,(H,27,29)(H2,23,24,25,26,28). The topological polar surface area (TPSA) is 95.2 Å². The van der Waals surface area contributed by atoms with E-state index in [0.29, 0.717) is 22.0 Å². The number of anilines is 1. The average Bonchev–Trinajstić information content (AvgIpc) is 3.38. The molecule has 3 heterocycles. The van der Waals surface area contributed by atoms with Gasteiger partial charge in [-0.05, 0) is 36.2 Å². The molecule has 0 aliphatic heterocycles. The molecule has 0 fully saturated rings. The van der Waals surface area contributed by atoms with Crippen LogP contribution in [0.5, 0.6) is 0 Å². The molecular weight excluding hydrogens is 393 g/mol. The number of hydrogen-bond acceptors (Lipinski definition) is 5. The summed E-state index contributed by atoms with van der Waals surface area (Å²) in [5, 5.41) is 11.9. The number of halogens is 2. The molecule has 0 saturated heterocycles. The fourth-order valence-electron chi connectivity index (χ4n) is 3.54. The summed E-state index contributed by atoms with van der Waals surface area (Å²) in [5.74, 6) is 0.303. The van der Waals surface area contributed by atoms with Gasteiger partial charge >= 0.3 is 0 Å². The fraction of sp³-hybridized carbons (Fsp3) is 0.100. The molecule has 0 spiro atoms. The second-order valence-corrected chi connectivity index (χ2v) is 7.09. The molecule has 144 valence electrons. The maximum absolute atomic E-state index is 14.0. The van der Waals surface area contributed by atoms with Gasteiger partial charge in [0.05, 0.1) is 29.1 Å². The van der Waals surface area contributed by atoms with Gasteiger partial charge in [0.2, 0.25) is 0 Å². The molecule has 7 nitrogen and oxygen atoms in total. The van der Waals surface area contributed by atoms with E-state index >= 15 is 0 Å². The van der Waals surface area contributed by atoms with Crippen molar-refractivity contribution < 1.29 is 4.39 Å². The first-order chi connectivity index (χ1) is 14.1. The monoisotopic (exact) mass is 407 g/mol. The minimum Gasteiger partial charge on any atom is -0.362 e. The Morgan fingerprint density at radius 2 is 2.03 bits per heavy atom. The number of fused-ring (bicyclic) bond motifs is 2. The molecule has 1 unspecified atom stereocenters. The summed E-state index contributed by atoms with van der Waals surface area (Å²) in [4.78, 5) is 15.7. The molecule has 5 rings (SSSR count). The van der Waals surface area contributed by atoms with E-state index in [9.17, 15) is 4.39 Å². The van der Waals surface area contributed by atoms with Gasteiger partial charge in [0.1, 0.15) is 17.7 Å². The summed E-state index contributed by atoms with van der Waals surface area (Å²) >= 11 is 6.52. The number of nitrogens with zero attached hydrogens (tertiary/aromatic N) is 4. The molecule has 3 N–H and O–H groups in total. The maximum Gasteiger partial charge on any atom is 0.182 e. The zero-order chi connectivity index (χ0) is 20.0. The summed E-state index contributed by atoms with van der Waals surface area (Å²) < 4.78 is 14.0. The second kappa shape index (κ2) is 6.82. The van der Waals surface area contributed by atoms with Crippen LogP contribution in [0.1, 0.15) is 18.5 Å². The van der Waals surface area contributed by atoms with Crippen LogP contribution in [0.25, 0.3) is 33.2 Å². The first kappa shape index (κ1) is 17.6. The molecule has 0 radical (unpaired) electrons. The highest BCUT2D eigenvalue weighted by molar-refractivity contribution is 6.36. The van der Waals surface area contributed by atoms with Gasteiger partial charge in [-0.25, -0.2) is 19.3 Å². The number of rotatable bonds is 4. The van der Waals surface area contributed by atoms with Crippen LogP contribution in [-0.4, -0.2) is 30.1 Å². The molecule has 1 atom stereocenters. The molecule has 2 aromatic carbocycles. The molecular formula is C20H15ClFN7. The Morgan fingerprint density at radius 3 is 2.90 bits per heavy atom. The molecule has 0 bridgehead atoms. The average molecular weight is 408 g/mol. The quantitative estimate of drug-likeness (QED) is 0.395. The van der Waals surface area contributed by atoms with E-state index in [0.717, 1.165) is 27.6 Å². The SMILES string of the molecule is CC(Nc1ncnc2nc[nH]c12)c1cc(Cl)c2cn[nH]c2c1-c1cccc(F)c1. The number of aromatic nitrogens is 6. The van der Waals surface area contributed by atoms with Gasteiger partial charge in [0.25, 0.3) is 0 Å². The Bertz CT molecular complexity index is 1340. The van der Waals surface area contributed by atoms with Crippen molar-refractivity contribution in [1.82, 2.24) is 30.1 Å². The number of benzene rings is 2. The lowest BCUT2D eigenvalue weighted by Crippen LogP contribution is -2.10. The van der Waals surface area contributed by atoms with Crippen molar-refractivity contribution in [2.45, 2.75) is 13.0 Å². The molecule has 0 aliphatic rings. The van der Waals surface area contributed by atoms with Crippen LogP contribution in [0.2, 0.25) is 5.02 Å².